The van der Waals surface area contributed by atoms with Crippen molar-refractivity contribution < 1.29 is 19.2 Å². The van der Waals surface area contributed by atoms with Gasteiger partial charge in [-0.3, -0.25) is 14.9 Å². The number of anilines is 1. The number of benzene rings is 2. The Bertz CT molecular complexity index is 790. The molecule has 1 amide bonds. The van der Waals surface area contributed by atoms with Gasteiger partial charge in [0, 0.05) is 18.7 Å². The molecule has 1 heterocycles. The zero-order valence-corrected chi connectivity index (χ0v) is 13.1. The fraction of sp³-hybridized carbons (Fsp3) is 0.235. The predicted octanol–water partition coefficient (Wildman–Crippen LogP) is 2.57. The smallest absolute Gasteiger partial charge is 0.271 e. The number of para-hydroxylation sites is 2. The zero-order valence-electron chi connectivity index (χ0n) is 13.1. The number of hydrogen-bond donors (Lipinski definition) is 0. The van der Waals surface area contributed by atoms with Crippen molar-refractivity contribution in [3.8, 4) is 11.5 Å². The molecule has 1 aliphatic heterocycles. The lowest BCUT2D eigenvalue weighted by atomic mass is 10.1. The van der Waals surface area contributed by atoms with Gasteiger partial charge in [0.05, 0.1) is 17.7 Å². The second kappa shape index (κ2) is 6.57. The quantitative estimate of drug-likeness (QED) is 0.622. The molecule has 2 aromatic carbocycles. The van der Waals surface area contributed by atoms with Gasteiger partial charge < -0.3 is 14.4 Å². The first-order valence-electron chi connectivity index (χ1n) is 7.43. The van der Waals surface area contributed by atoms with E-state index in [4.69, 9.17) is 9.47 Å². The number of carbonyl (C=O) groups is 1. The van der Waals surface area contributed by atoms with Crippen LogP contribution < -0.4 is 14.4 Å². The maximum absolute atomic E-state index is 12.5. The lowest BCUT2D eigenvalue weighted by Crippen LogP contribution is -2.33. The van der Waals surface area contributed by atoms with Crippen LogP contribution in [0.5, 0.6) is 11.5 Å². The molecule has 24 heavy (non-hydrogen) atoms. The minimum absolute atomic E-state index is 0.0286. The van der Waals surface area contributed by atoms with E-state index in [-0.39, 0.29) is 18.2 Å². The van der Waals surface area contributed by atoms with E-state index < -0.39 is 4.92 Å². The summed E-state index contributed by atoms with van der Waals surface area (Å²) in [7, 11) is 1.53. The Morgan fingerprint density at radius 1 is 1.25 bits per heavy atom. The number of hydrogen-bond acceptors (Lipinski definition) is 5. The molecule has 0 saturated carbocycles. The van der Waals surface area contributed by atoms with E-state index in [1.54, 1.807) is 24.3 Å². The Kier molecular flexibility index (Phi) is 4.33. The Hall–Kier alpha value is -3.09. The summed E-state index contributed by atoms with van der Waals surface area (Å²) >= 11 is 0. The van der Waals surface area contributed by atoms with Crippen molar-refractivity contribution in [1.29, 1.82) is 0 Å². The SMILES string of the molecule is COc1ccccc1OCC(=O)N1CCc2ccc([N+](=O)[O-])cc21. The first kappa shape index (κ1) is 15.8. The van der Waals surface area contributed by atoms with E-state index in [1.165, 1.54) is 24.1 Å². The first-order valence-corrected chi connectivity index (χ1v) is 7.43. The second-order valence-electron chi connectivity index (χ2n) is 5.31. The van der Waals surface area contributed by atoms with Gasteiger partial charge in [0.2, 0.25) is 0 Å². The second-order valence-corrected chi connectivity index (χ2v) is 5.31. The Labute approximate surface area is 138 Å². The molecule has 0 saturated heterocycles. The summed E-state index contributed by atoms with van der Waals surface area (Å²) < 4.78 is 10.7. The highest BCUT2D eigenvalue weighted by Gasteiger charge is 2.27. The number of non-ortho nitro benzene ring substituents is 1. The third-order valence-electron chi connectivity index (χ3n) is 3.90. The topological polar surface area (TPSA) is 81.9 Å². The summed E-state index contributed by atoms with van der Waals surface area (Å²) in [5.74, 6) is 0.773. The molecular formula is C17H16N2O5. The highest BCUT2D eigenvalue weighted by Crippen LogP contribution is 2.32. The number of amides is 1. The molecule has 124 valence electrons. The molecular weight excluding hydrogens is 312 g/mol. The van der Waals surface area contributed by atoms with E-state index in [0.717, 1.165) is 5.56 Å². The molecule has 1 aliphatic rings. The molecule has 0 fully saturated rings. The van der Waals surface area contributed by atoms with Gasteiger partial charge in [-0.2, -0.15) is 0 Å². The van der Waals surface area contributed by atoms with E-state index in [0.29, 0.717) is 30.2 Å². The maximum atomic E-state index is 12.5. The van der Waals surface area contributed by atoms with Crippen LogP contribution in [0.2, 0.25) is 0 Å². The number of methoxy groups -OCH3 is 1. The van der Waals surface area contributed by atoms with Crippen LogP contribution in [0.4, 0.5) is 11.4 Å². The lowest BCUT2D eigenvalue weighted by molar-refractivity contribution is -0.384. The molecule has 7 heteroatoms. The van der Waals surface area contributed by atoms with Crippen LogP contribution in [-0.4, -0.2) is 31.1 Å². The monoisotopic (exact) mass is 328 g/mol. The molecule has 0 unspecified atom stereocenters. The molecule has 0 aliphatic carbocycles. The highest BCUT2D eigenvalue weighted by molar-refractivity contribution is 5.96. The molecule has 0 N–H and O–H groups in total. The van der Waals surface area contributed by atoms with E-state index in [2.05, 4.69) is 0 Å². The fourth-order valence-corrected chi connectivity index (χ4v) is 2.70. The van der Waals surface area contributed by atoms with E-state index >= 15 is 0 Å². The van der Waals surface area contributed by atoms with Crippen molar-refractivity contribution in [3.63, 3.8) is 0 Å². The lowest BCUT2D eigenvalue weighted by Gasteiger charge is -2.18. The van der Waals surface area contributed by atoms with Crippen LogP contribution in [0.25, 0.3) is 0 Å². The summed E-state index contributed by atoms with van der Waals surface area (Å²) in [6.07, 6.45) is 0.674. The molecule has 3 rings (SSSR count). The average molecular weight is 328 g/mol. The predicted molar refractivity (Wildman–Crippen MR) is 87.6 cm³/mol. The minimum atomic E-state index is -0.466. The van der Waals surface area contributed by atoms with Crippen LogP contribution in [0.15, 0.2) is 42.5 Å². The number of ether oxygens (including phenoxy) is 2. The summed E-state index contributed by atoms with van der Waals surface area (Å²) in [6, 6.07) is 11.6. The number of nitro groups is 1. The molecule has 0 atom stereocenters. The van der Waals surface area contributed by atoms with Gasteiger partial charge in [0.15, 0.2) is 18.1 Å². The van der Waals surface area contributed by atoms with Crippen LogP contribution in [-0.2, 0) is 11.2 Å². The molecule has 0 aromatic heterocycles. The van der Waals surface area contributed by atoms with Crippen molar-refractivity contribution in [3.05, 3.63) is 58.1 Å². The molecule has 0 radical (unpaired) electrons. The standard InChI is InChI=1S/C17H16N2O5/c1-23-15-4-2-3-5-16(15)24-11-17(20)18-9-8-12-6-7-13(19(21)22)10-14(12)18/h2-7,10H,8-9,11H2,1H3. The molecule has 0 spiro atoms. The van der Waals surface area contributed by atoms with Crippen LogP contribution in [0, 0.1) is 10.1 Å². The van der Waals surface area contributed by atoms with Crippen molar-refractivity contribution in [1.82, 2.24) is 0 Å². The van der Waals surface area contributed by atoms with Crippen molar-refractivity contribution in [2.75, 3.05) is 25.2 Å². The maximum Gasteiger partial charge on any atom is 0.271 e. The van der Waals surface area contributed by atoms with Crippen molar-refractivity contribution >= 4 is 17.3 Å². The summed E-state index contributed by atoms with van der Waals surface area (Å²) in [6.45, 7) is 0.327. The molecule has 7 nitrogen and oxygen atoms in total. The van der Waals surface area contributed by atoms with Crippen LogP contribution in [0.3, 0.4) is 0 Å². The molecule has 2 aromatic rings. The Balaban J connectivity index is 1.74. The normalized spacial score (nSPS) is 12.6. The fourth-order valence-electron chi connectivity index (χ4n) is 2.70. The highest BCUT2D eigenvalue weighted by atomic mass is 16.6. The van der Waals surface area contributed by atoms with Gasteiger partial charge in [0.25, 0.3) is 11.6 Å². The summed E-state index contributed by atoms with van der Waals surface area (Å²) in [5.41, 5.74) is 1.48. The van der Waals surface area contributed by atoms with E-state index in [1.807, 2.05) is 6.07 Å². The summed E-state index contributed by atoms with van der Waals surface area (Å²) in [5, 5.41) is 10.9. The number of carbonyl (C=O) groups excluding carboxylic acids is 1. The van der Waals surface area contributed by atoms with Gasteiger partial charge in [-0.05, 0) is 24.1 Å². The largest absolute Gasteiger partial charge is 0.493 e. The Morgan fingerprint density at radius 2 is 2.00 bits per heavy atom. The van der Waals surface area contributed by atoms with Crippen molar-refractivity contribution in [2.24, 2.45) is 0 Å². The number of fused-ring (bicyclic) bond motifs is 1. The third-order valence-corrected chi connectivity index (χ3v) is 3.90. The van der Waals surface area contributed by atoms with E-state index in [9.17, 15) is 14.9 Å². The van der Waals surface area contributed by atoms with Gasteiger partial charge in [-0.25, -0.2) is 0 Å². The van der Waals surface area contributed by atoms with Crippen LogP contribution in [0.1, 0.15) is 5.56 Å². The minimum Gasteiger partial charge on any atom is -0.493 e. The number of nitro benzene ring substituents is 1. The Morgan fingerprint density at radius 3 is 2.71 bits per heavy atom. The van der Waals surface area contributed by atoms with Crippen LogP contribution >= 0.6 is 0 Å². The first-order chi connectivity index (χ1) is 11.6. The van der Waals surface area contributed by atoms with Gasteiger partial charge in [-0.15, -0.1) is 0 Å². The third kappa shape index (κ3) is 3.01. The zero-order chi connectivity index (χ0) is 17.1. The van der Waals surface area contributed by atoms with Gasteiger partial charge in [0.1, 0.15) is 0 Å². The summed E-state index contributed by atoms with van der Waals surface area (Å²) in [4.78, 5) is 24.4. The van der Waals surface area contributed by atoms with Gasteiger partial charge >= 0.3 is 0 Å². The number of rotatable bonds is 5. The van der Waals surface area contributed by atoms with Gasteiger partial charge in [-0.1, -0.05) is 18.2 Å². The molecule has 0 bridgehead atoms. The van der Waals surface area contributed by atoms with Crippen molar-refractivity contribution in [2.45, 2.75) is 6.42 Å². The average Bonchev–Trinajstić information content (AvgIpc) is 3.03. The number of nitrogens with zero attached hydrogens (tertiary/aromatic N) is 2.